The number of rotatable bonds is 6. The first-order valence-corrected chi connectivity index (χ1v) is 10.4. The van der Waals surface area contributed by atoms with Crippen LogP contribution < -0.4 is 0 Å². The highest BCUT2D eigenvalue weighted by molar-refractivity contribution is 14.1. The number of halogens is 1. The summed E-state index contributed by atoms with van der Waals surface area (Å²) in [5, 5.41) is 9.38. The van der Waals surface area contributed by atoms with Crippen molar-refractivity contribution in [3.63, 3.8) is 0 Å². The van der Waals surface area contributed by atoms with Gasteiger partial charge in [0.05, 0.1) is 6.10 Å². The summed E-state index contributed by atoms with van der Waals surface area (Å²) in [7, 11) is -1.74. The fourth-order valence-electron chi connectivity index (χ4n) is 1.35. The van der Waals surface area contributed by atoms with Crippen molar-refractivity contribution < 1.29 is 9.53 Å². The van der Waals surface area contributed by atoms with E-state index in [1.165, 1.54) is 0 Å². The van der Waals surface area contributed by atoms with Gasteiger partial charge in [0.2, 0.25) is 0 Å². The van der Waals surface area contributed by atoms with Crippen molar-refractivity contribution in [1.82, 2.24) is 0 Å². The Morgan fingerprint density at radius 1 is 1.35 bits per heavy atom. The van der Waals surface area contributed by atoms with Crippen molar-refractivity contribution in [3.8, 4) is 0 Å². The van der Waals surface area contributed by atoms with Crippen molar-refractivity contribution in [1.29, 1.82) is 0 Å². The van der Waals surface area contributed by atoms with Crippen LogP contribution in [0.1, 0.15) is 34.1 Å². The summed E-state index contributed by atoms with van der Waals surface area (Å²) in [4.78, 5) is 0. The van der Waals surface area contributed by atoms with E-state index in [9.17, 15) is 0 Å². The van der Waals surface area contributed by atoms with Crippen LogP contribution in [0, 0.1) is 5.92 Å². The summed E-state index contributed by atoms with van der Waals surface area (Å²) >= 11 is 2.23. The molecule has 0 aromatic carbocycles. The van der Waals surface area contributed by atoms with Gasteiger partial charge >= 0.3 is 0 Å². The Kier molecular flexibility index (Phi) is 7.52. The van der Waals surface area contributed by atoms with Gasteiger partial charge in [-0.2, -0.15) is 0 Å². The Labute approximate surface area is 121 Å². The first-order chi connectivity index (χ1) is 7.65. The zero-order chi connectivity index (χ0) is 13.7. The fraction of sp³-hybridized carbons (Fsp3) is 0.846. The van der Waals surface area contributed by atoms with E-state index >= 15 is 0 Å². The Bertz CT molecular complexity index is 246. The quantitative estimate of drug-likeness (QED) is 0.557. The summed E-state index contributed by atoms with van der Waals surface area (Å²) in [6.45, 7) is 13.6. The molecule has 0 spiro atoms. The fourth-order valence-corrected chi connectivity index (χ4v) is 3.45. The number of aliphatic hydroxyl groups excluding tert-OH is 1. The van der Waals surface area contributed by atoms with Gasteiger partial charge in [-0.3, -0.25) is 0 Å². The van der Waals surface area contributed by atoms with Crippen LogP contribution in [0.5, 0.6) is 0 Å². The van der Waals surface area contributed by atoms with E-state index in [1.807, 2.05) is 4.08 Å². The molecule has 2 atom stereocenters. The second-order valence-electron chi connectivity index (χ2n) is 6.11. The normalized spacial score (nSPS) is 17.4. The van der Waals surface area contributed by atoms with Gasteiger partial charge < -0.3 is 9.53 Å². The van der Waals surface area contributed by atoms with Crippen molar-refractivity contribution >= 4 is 30.9 Å². The smallest absolute Gasteiger partial charge is 0.192 e. The van der Waals surface area contributed by atoms with E-state index in [1.54, 1.807) is 0 Å². The van der Waals surface area contributed by atoms with Crippen LogP contribution in [0.4, 0.5) is 0 Å². The predicted octanol–water partition coefficient (Wildman–Crippen LogP) is 4.34. The van der Waals surface area contributed by atoms with E-state index in [4.69, 9.17) is 9.53 Å². The lowest BCUT2D eigenvalue weighted by molar-refractivity contribution is 0.111. The lowest BCUT2D eigenvalue weighted by Gasteiger charge is -2.40. The maximum atomic E-state index is 9.16. The van der Waals surface area contributed by atoms with Gasteiger partial charge in [0.15, 0.2) is 8.32 Å². The molecule has 0 unspecified atom stereocenters. The molecule has 4 heteroatoms. The monoisotopic (exact) mass is 370 g/mol. The number of aliphatic hydroxyl groups is 1. The SMILES string of the molecule is C[C@@H](/C=C/I)[C@H](CCO)O[Si](C)(C)C(C)(C)C. The molecule has 0 aliphatic heterocycles. The van der Waals surface area contributed by atoms with Crippen molar-refractivity contribution in [3.05, 3.63) is 10.2 Å². The summed E-state index contributed by atoms with van der Waals surface area (Å²) in [5.41, 5.74) is 0. The molecule has 0 saturated carbocycles. The lowest BCUT2D eigenvalue weighted by Crippen LogP contribution is -2.45. The van der Waals surface area contributed by atoms with Crippen LogP contribution >= 0.6 is 22.6 Å². The second-order valence-corrected chi connectivity index (χ2v) is 11.6. The molecule has 102 valence electrons. The Hall–Kier alpha value is 0.607. The standard InChI is InChI=1S/C13H27IO2Si/c1-11(7-9-14)12(8-10-15)16-17(5,6)13(2,3)4/h7,9,11-12,15H,8,10H2,1-6H3/b9-7+/t11-,12-/m0/s1. The average Bonchev–Trinajstić information content (AvgIpc) is 2.15. The number of hydrogen-bond donors (Lipinski definition) is 1. The molecule has 1 N–H and O–H groups in total. The summed E-state index contributed by atoms with van der Waals surface area (Å²) < 4.78 is 8.41. The first-order valence-electron chi connectivity index (χ1n) is 6.21. The zero-order valence-corrected chi connectivity index (χ0v) is 15.1. The second kappa shape index (κ2) is 7.26. The molecule has 0 radical (unpaired) electrons. The molecule has 0 rings (SSSR count). The molecule has 0 saturated heterocycles. The lowest BCUT2D eigenvalue weighted by atomic mass is 10.0. The Balaban J connectivity index is 4.75. The minimum Gasteiger partial charge on any atom is -0.413 e. The van der Waals surface area contributed by atoms with Crippen LogP contribution in [-0.4, -0.2) is 26.1 Å². The van der Waals surface area contributed by atoms with Crippen molar-refractivity contribution in [2.45, 2.75) is 58.4 Å². The molecular formula is C13H27IO2Si. The molecule has 17 heavy (non-hydrogen) atoms. The highest BCUT2D eigenvalue weighted by Gasteiger charge is 2.39. The molecule has 0 aromatic heterocycles. The molecule has 0 heterocycles. The summed E-state index contributed by atoms with van der Waals surface area (Å²) in [5.74, 6) is 0.355. The van der Waals surface area contributed by atoms with Crippen LogP contribution in [-0.2, 0) is 4.43 Å². The molecule has 0 aliphatic carbocycles. The predicted molar refractivity (Wildman–Crippen MR) is 86.1 cm³/mol. The van der Waals surface area contributed by atoms with E-state index in [0.717, 1.165) is 0 Å². The highest BCUT2D eigenvalue weighted by atomic mass is 127. The molecule has 2 nitrogen and oxygen atoms in total. The molecular weight excluding hydrogens is 343 g/mol. The average molecular weight is 370 g/mol. The van der Waals surface area contributed by atoms with Gasteiger partial charge in [0, 0.05) is 6.61 Å². The summed E-state index contributed by atoms with van der Waals surface area (Å²) in [6, 6.07) is 0. The molecule has 0 amide bonds. The third-order valence-electron chi connectivity index (χ3n) is 3.63. The highest BCUT2D eigenvalue weighted by Crippen LogP contribution is 2.38. The molecule has 0 bridgehead atoms. The van der Waals surface area contributed by atoms with E-state index in [-0.39, 0.29) is 17.7 Å². The van der Waals surface area contributed by atoms with Crippen molar-refractivity contribution in [2.24, 2.45) is 5.92 Å². The Morgan fingerprint density at radius 2 is 1.88 bits per heavy atom. The largest absolute Gasteiger partial charge is 0.413 e. The first kappa shape index (κ1) is 17.6. The van der Waals surface area contributed by atoms with Crippen LogP contribution in [0.15, 0.2) is 10.2 Å². The minimum absolute atomic E-state index is 0.131. The molecule has 0 fully saturated rings. The minimum atomic E-state index is -1.74. The molecule has 0 aliphatic rings. The topological polar surface area (TPSA) is 29.5 Å². The summed E-state index contributed by atoms with van der Waals surface area (Å²) in [6.07, 6.45) is 3.00. The third-order valence-corrected chi connectivity index (χ3v) is 8.55. The molecule has 0 aromatic rings. The zero-order valence-electron chi connectivity index (χ0n) is 12.0. The van der Waals surface area contributed by atoms with Crippen LogP contribution in [0.3, 0.4) is 0 Å². The number of hydrogen-bond acceptors (Lipinski definition) is 2. The van der Waals surface area contributed by atoms with Crippen LogP contribution in [0.2, 0.25) is 18.1 Å². The Morgan fingerprint density at radius 3 is 2.24 bits per heavy atom. The van der Waals surface area contributed by atoms with Gasteiger partial charge in [0.25, 0.3) is 0 Å². The van der Waals surface area contributed by atoms with E-state index in [2.05, 4.69) is 69.5 Å². The maximum Gasteiger partial charge on any atom is 0.192 e. The van der Waals surface area contributed by atoms with Gasteiger partial charge in [-0.15, -0.1) is 0 Å². The van der Waals surface area contributed by atoms with Crippen LogP contribution in [0.25, 0.3) is 0 Å². The van der Waals surface area contributed by atoms with Crippen molar-refractivity contribution in [2.75, 3.05) is 6.61 Å². The van der Waals surface area contributed by atoms with Gasteiger partial charge in [0.1, 0.15) is 0 Å². The van der Waals surface area contributed by atoms with Gasteiger partial charge in [-0.1, -0.05) is 56.4 Å². The van der Waals surface area contributed by atoms with E-state index < -0.39 is 8.32 Å². The maximum absolute atomic E-state index is 9.16. The third kappa shape index (κ3) is 5.85. The van der Waals surface area contributed by atoms with Gasteiger partial charge in [-0.25, -0.2) is 0 Å². The van der Waals surface area contributed by atoms with E-state index in [0.29, 0.717) is 12.3 Å². The van der Waals surface area contributed by atoms with Gasteiger partial charge in [-0.05, 0) is 34.6 Å².